The molecule has 1 fully saturated rings. The molecule has 19 heavy (non-hydrogen) atoms. The first-order valence-electron chi connectivity index (χ1n) is 6.44. The molecule has 6 nitrogen and oxygen atoms in total. The molecule has 0 amide bonds. The predicted octanol–water partition coefficient (Wildman–Crippen LogP) is 1.40. The van der Waals surface area contributed by atoms with Crippen LogP contribution in [0.1, 0.15) is 54.3 Å². The van der Waals surface area contributed by atoms with E-state index in [1.54, 1.807) is 0 Å². The normalized spacial score (nSPS) is 17.8. The van der Waals surface area contributed by atoms with E-state index in [9.17, 15) is 13.2 Å². The van der Waals surface area contributed by atoms with Crippen molar-refractivity contribution in [3.8, 4) is 0 Å². The van der Waals surface area contributed by atoms with Crippen molar-refractivity contribution in [2.45, 2.75) is 38.0 Å². The second kappa shape index (κ2) is 5.42. The molecule has 1 aromatic heterocycles. The summed E-state index contributed by atoms with van der Waals surface area (Å²) < 4.78 is 26.9. The summed E-state index contributed by atoms with van der Waals surface area (Å²) in [4.78, 5) is 15.2. The SMILES string of the molecule is CN(C)S(=O)(=O)n1c(C=O)cnc1C1CCCCC1. The number of aromatic nitrogens is 2. The lowest BCUT2D eigenvalue weighted by atomic mass is 9.89. The van der Waals surface area contributed by atoms with E-state index in [1.165, 1.54) is 26.7 Å². The largest absolute Gasteiger partial charge is 0.309 e. The van der Waals surface area contributed by atoms with Gasteiger partial charge in [0.25, 0.3) is 0 Å². The van der Waals surface area contributed by atoms with Gasteiger partial charge in [0.2, 0.25) is 0 Å². The number of hydrogen-bond donors (Lipinski definition) is 0. The van der Waals surface area contributed by atoms with Crippen LogP contribution in [-0.2, 0) is 10.2 Å². The fourth-order valence-electron chi connectivity index (χ4n) is 2.49. The molecule has 0 saturated heterocycles. The van der Waals surface area contributed by atoms with Crippen LogP contribution in [0.3, 0.4) is 0 Å². The van der Waals surface area contributed by atoms with E-state index < -0.39 is 10.2 Å². The van der Waals surface area contributed by atoms with Crippen LogP contribution in [0.2, 0.25) is 0 Å². The van der Waals surface area contributed by atoms with Crippen LogP contribution in [0.15, 0.2) is 6.20 Å². The molecular formula is C12H19N3O3S. The summed E-state index contributed by atoms with van der Waals surface area (Å²) in [6.45, 7) is 0. The monoisotopic (exact) mass is 285 g/mol. The third kappa shape index (κ3) is 2.57. The number of imidazole rings is 1. The second-order valence-corrected chi connectivity index (χ2v) is 7.04. The molecule has 0 unspecified atom stereocenters. The minimum atomic E-state index is -3.70. The maximum atomic E-state index is 12.3. The van der Waals surface area contributed by atoms with Crippen molar-refractivity contribution in [2.24, 2.45) is 0 Å². The lowest BCUT2D eigenvalue weighted by Gasteiger charge is -2.23. The number of rotatable bonds is 4. The predicted molar refractivity (Wildman–Crippen MR) is 71.4 cm³/mol. The smallest absolute Gasteiger partial charge is 0.296 e. The van der Waals surface area contributed by atoms with Gasteiger partial charge in [-0.3, -0.25) is 4.79 Å². The van der Waals surface area contributed by atoms with Gasteiger partial charge in [0.1, 0.15) is 11.5 Å². The van der Waals surface area contributed by atoms with Crippen molar-refractivity contribution in [2.75, 3.05) is 14.1 Å². The van der Waals surface area contributed by atoms with E-state index in [-0.39, 0.29) is 11.6 Å². The van der Waals surface area contributed by atoms with Crippen LogP contribution in [0, 0.1) is 0 Å². The molecule has 0 atom stereocenters. The van der Waals surface area contributed by atoms with Crippen LogP contribution in [-0.4, -0.2) is 42.1 Å². The maximum absolute atomic E-state index is 12.3. The zero-order valence-electron chi connectivity index (χ0n) is 11.2. The third-order valence-electron chi connectivity index (χ3n) is 3.55. The molecule has 1 aliphatic carbocycles. The molecule has 0 radical (unpaired) electrons. The van der Waals surface area contributed by atoms with Crippen molar-refractivity contribution in [3.05, 3.63) is 17.7 Å². The summed E-state index contributed by atoms with van der Waals surface area (Å²) in [5.74, 6) is 0.618. The van der Waals surface area contributed by atoms with E-state index in [1.807, 2.05) is 0 Å². The minimum absolute atomic E-state index is 0.0919. The van der Waals surface area contributed by atoms with Gasteiger partial charge in [-0.1, -0.05) is 19.3 Å². The first-order valence-corrected chi connectivity index (χ1v) is 7.84. The highest BCUT2D eigenvalue weighted by molar-refractivity contribution is 7.87. The van der Waals surface area contributed by atoms with Gasteiger partial charge in [0.15, 0.2) is 6.29 Å². The van der Waals surface area contributed by atoms with Crippen LogP contribution in [0.25, 0.3) is 0 Å². The average molecular weight is 285 g/mol. The van der Waals surface area contributed by atoms with E-state index in [4.69, 9.17) is 0 Å². The Morgan fingerprint density at radius 2 is 1.95 bits per heavy atom. The molecule has 1 aliphatic rings. The Morgan fingerprint density at radius 1 is 1.32 bits per heavy atom. The number of nitrogens with zero attached hydrogens (tertiary/aromatic N) is 3. The van der Waals surface area contributed by atoms with Crippen LogP contribution < -0.4 is 0 Å². The highest BCUT2D eigenvalue weighted by atomic mass is 32.2. The fraction of sp³-hybridized carbons (Fsp3) is 0.667. The minimum Gasteiger partial charge on any atom is -0.296 e. The molecule has 1 saturated carbocycles. The zero-order valence-corrected chi connectivity index (χ0v) is 12.1. The molecule has 0 spiro atoms. The highest BCUT2D eigenvalue weighted by Gasteiger charge is 2.29. The topological polar surface area (TPSA) is 72.3 Å². The van der Waals surface area contributed by atoms with Gasteiger partial charge >= 0.3 is 10.2 Å². The van der Waals surface area contributed by atoms with E-state index in [2.05, 4.69) is 4.98 Å². The molecule has 0 aromatic carbocycles. The van der Waals surface area contributed by atoms with Gasteiger partial charge in [-0.25, -0.2) is 8.96 Å². The standard InChI is InChI=1S/C12H19N3O3S/c1-14(2)19(17,18)15-11(9-16)8-13-12(15)10-6-4-3-5-7-10/h8-10H,3-7H2,1-2H3. The van der Waals surface area contributed by atoms with Crippen molar-refractivity contribution in [1.29, 1.82) is 0 Å². The number of carbonyl (C=O) groups excluding carboxylic acids is 1. The lowest BCUT2D eigenvalue weighted by molar-refractivity contribution is 0.111. The molecular weight excluding hydrogens is 266 g/mol. The Bertz CT molecular complexity index is 557. The molecule has 0 aliphatic heterocycles. The van der Waals surface area contributed by atoms with Crippen LogP contribution in [0.4, 0.5) is 0 Å². The summed E-state index contributed by atoms with van der Waals surface area (Å²) in [6.07, 6.45) is 7.08. The summed E-state index contributed by atoms with van der Waals surface area (Å²) in [7, 11) is -0.794. The van der Waals surface area contributed by atoms with Gasteiger partial charge in [0, 0.05) is 20.0 Å². The Labute approximate surface area is 113 Å². The zero-order chi connectivity index (χ0) is 14.0. The van der Waals surface area contributed by atoms with Crippen molar-refractivity contribution in [3.63, 3.8) is 0 Å². The van der Waals surface area contributed by atoms with Crippen LogP contribution >= 0.6 is 0 Å². The first kappa shape index (κ1) is 14.2. The number of aldehydes is 1. The van der Waals surface area contributed by atoms with Gasteiger partial charge in [-0.2, -0.15) is 12.7 Å². The number of hydrogen-bond acceptors (Lipinski definition) is 4. The Kier molecular flexibility index (Phi) is 4.05. The second-order valence-electron chi connectivity index (χ2n) is 5.05. The Balaban J connectivity index is 2.51. The van der Waals surface area contributed by atoms with Crippen molar-refractivity contribution < 1.29 is 13.2 Å². The van der Waals surface area contributed by atoms with E-state index in [0.29, 0.717) is 12.1 Å². The summed E-state index contributed by atoms with van der Waals surface area (Å²) in [5, 5.41) is 0. The van der Waals surface area contributed by atoms with Crippen molar-refractivity contribution >= 4 is 16.5 Å². The Hall–Kier alpha value is -1.21. The third-order valence-corrected chi connectivity index (χ3v) is 5.34. The molecule has 0 N–H and O–H groups in total. The summed E-state index contributed by atoms with van der Waals surface area (Å²) in [6, 6.07) is 0. The molecule has 1 heterocycles. The quantitative estimate of drug-likeness (QED) is 0.784. The molecule has 1 aromatic rings. The summed E-state index contributed by atoms with van der Waals surface area (Å²) in [5.41, 5.74) is 0.0919. The van der Waals surface area contributed by atoms with Gasteiger partial charge in [-0.05, 0) is 12.8 Å². The van der Waals surface area contributed by atoms with Gasteiger partial charge < -0.3 is 0 Å². The van der Waals surface area contributed by atoms with Crippen molar-refractivity contribution in [1.82, 2.24) is 13.3 Å². The van der Waals surface area contributed by atoms with Gasteiger partial charge in [0.05, 0.1) is 6.20 Å². The summed E-state index contributed by atoms with van der Waals surface area (Å²) >= 11 is 0. The molecule has 2 rings (SSSR count). The number of carbonyl (C=O) groups is 1. The molecule has 0 bridgehead atoms. The average Bonchev–Trinajstić information content (AvgIpc) is 2.84. The highest BCUT2D eigenvalue weighted by Crippen LogP contribution is 2.33. The molecule has 7 heteroatoms. The molecule has 106 valence electrons. The van der Waals surface area contributed by atoms with Crippen LogP contribution in [0.5, 0.6) is 0 Å². The first-order chi connectivity index (χ1) is 8.98. The lowest BCUT2D eigenvalue weighted by Crippen LogP contribution is -2.32. The fourth-order valence-corrected chi connectivity index (χ4v) is 3.61. The van der Waals surface area contributed by atoms with Gasteiger partial charge in [-0.15, -0.1) is 0 Å². The van der Waals surface area contributed by atoms with E-state index >= 15 is 0 Å². The van der Waals surface area contributed by atoms with E-state index in [0.717, 1.165) is 34.0 Å². The maximum Gasteiger partial charge on any atom is 0.309 e. The Morgan fingerprint density at radius 3 is 2.47 bits per heavy atom.